The number of unbranched alkanes of at least 4 members (excludes halogenated alkanes) is 25. The van der Waals surface area contributed by atoms with E-state index in [1.54, 1.807) is 0 Å². The fraction of sp³-hybridized carbons (Fsp3) is 0.822. The van der Waals surface area contributed by atoms with Gasteiger partial charge in [-0.1, -0.05) is 172 Å². The molecule has 0 aliphatic heterocycles. The Kier molecular flexibility index (Phi) is 39.6. The van der Waals surface area contributed by atoms with Crippen LogP contribution in [0.1, 0.15) is 219 Å². The normalized spacial score (nSPS) is 12.7. The molecule has 0 unspecified atom stereocenters. The highest BCUT2D eigenvalue weighted by molar-refractivity contribution is 7.46. The quantitative estimate of drug-likeness (QED) is 0.0272. The number of hydrogen-bond acceptors (Lipinski definition) is 6. The van der Waals surface area contributed by atoms with Crippen molar-refractivity contribution in [2.75, 3.05) is 13.2 Å². The van der Waals surface area contributed by atoms with Crippen molar-refractivity contribution in [2.45, 2.75) is 225 Å². The molecular formula is C45H83O8P. The van der Waals surface area contributed by atoms with Crippen molar-refractivity contribution in [3.63, 3.8) is 0 Å². The maximum absolute atomic E-state index is 12.4. The van der Waals surface area contributed by atoms with Crippen LogP contribution in [0.3, 0.4) is 0 Å². The van der Waals surface area contributed by atoms with Gasteiger partial charge in [0.1, 0.15) is 6.61 Å². The Labute approximate surface area is 332 Å². The molecule has 316 valence electrons. The summed E-state index contributed by atoms with van der Waals surface area (Å²) < 4.78 is 26.4. The molecule has 0 saturated heterocycles. The highest BCUT2D eigenvalue weighted by Gasteiger charge is 2.22. The molecule has 1 atom stereocenters. The van der Waals surface area contributed by atoms with Crippen molar-refractivity contribution in [3.8, 4) is 0 Å². The predicted molar refractivity (Wildman–Crippen MR) is 225 cm³/mol. The lowest BCUT2D eigenvalue weighted by Crippen LogP contribution is -2.29. The molecule has 8 nitrogen and oxygen atoms in total. The van der Waals surface area contributed by atoms with Gasteiger partial charge in [-0.15, -0.1) is 0 Å². The Balaban J connectivity index is 3.89. The van der Waals surface area contributed by atoms with E-state index < -0.39 is 32.5 Å². The van der Waals surface area contributed by atoms with Gasteiger partial charge < -0.3 is 19.3 Å². The molecule has 0 spiro atoms. The smallest absolute Gasteiger partial charge is 0.462 e. The van der Waals surface area contributed by atoms with Crippen LogP contribution < -0.4 is 0 Å². The average molecular weight is 783 g/mol. The maximum atomic E-state index is 12.4. The van der Waals surface area contributed by atoms with E-state index in [1.807, 2.05) is 0 Å². The summed E-state index contributed by atoms with van der Waals surface area (Å²) in [5.74, 6) is -0.889. The number of hydrogen-bond donors (Lipinski definition) is 2. The molecule has 0 heterocycles. The number of ether oxygens (including phenoxy) is 2. The lowest BCUT2D eigenvalue weighted by molar-refractivity contribution is -0.161. The van der Waals surface area contributed by atoms with Crippen LogP contribution in [-0.4, -0.2) is 41.0 Å². The average Bonchev–Trinajstić information content (AvgIpc) is 3.14. The first-order valence-electron chi connectivity index (χ1n) is 22.3. The van der Waals surface area contributed by atoms with Crippen LogP contribution in [0.25, 0.3) is 0 Å². The van der Waals surface area contributed by atoms with Crippen molar-refractivity contribution in [2.24, 2.45) is 0 Å². The Hall–Kier alpha value is -1.73. The summed E-state index contributed by atoms with van der Waals surface area (Å²) in [6.07, 6.45) is 48.6. The van der Waals surface area contributed by atoms with Crippen LogP contribution in [0.5, 0.6) is 0 Å². The molecule has 9 heteroatoms. The zero-order chi connectivity index (χ0) is 39.6. The number of carbonyl (C=O) groups is 2. The Morgan fingerprint density at radius 1 is 0.481 bits per heavy atom. The van der Waals surface area contributed by atoms with Gasteiger partial charge in [0.2, 0.25) is 0 Å². The van der Waals surface area contributed by atoms with E-state index in [2.05, 4.69) is 54.8 Å². The van der Waals surface area contributed by atoms with Gasteiger partial charge in [0, 0.05) is 12.8 Å². The lowest BCUT2D eigenvalue weighted by Gasteiger charge is -2.18. The van der Waals surface area contributed by atoms with Gasteiger partial charge in [0.05, 0.1) is 6.61 Å². The van der Waals surface area contributed by atoms with Gasteiger partial charge in [-0.05, 0) is 70.6 Å². The third-order valence-corrected chi connectivity index (χ3v) is 10.1. The Morgan fingerprint density at radius 2 is 0.833 bits per heavy atom. The molecule has 0 fully saturated rings. The van der Waals surface area contributed by atoms with Crippen LogP contribution in [-0.2, 0) is 28.2 Å². The summed E-state index contributed by atoms with van der Waals surface area (Å²) in [6, 6.07) is 0. The number of carbonyl (C=O) groups excluding carboxylic acids is 2. The summed E-state index contributed by atoms with van der Waals surface area (Å²) in [4.78, 5) is 42.9. The van der Waals surface area contributed by atoms with E-state index in [4.69, 9.17) is 19.3 Å². The van der Waals surface area contributed by atoms with Crippen molar-refractivity contribution >= 4 is 19.8 Å². The standard InChI is InChI=1S/C45H83O8P/c1-3-5-7-9-11-13-15-17-19-21-22-24-26-28-30-32-34-36-38-40-45(47)53-43(42-52-54(48,49)50)41-51-44(46)39-37-35-33-31-29-27-25-23-20-18-16-14-12-10-8-6-4-2/h11,13,17-20,43H,3-10,12,14-16,21-42H2,1-2H3,(H2,48,49,50)/b13-11+,19-17+,20-18+/t43-/m1/s1. The lowest BCUT2D eigenvalue weighted by atomic mass is 10.1. The van der Waals surface area contributed by atoms with Crippen molar-refractivity contribution < 1.29 is 37.9 Å². The van der Waals surface area contributed by atoms with E-state index in [1.165, 1.54) is 122 Å². The second kappa shape index (κ2) is 40.9. The first-order chi connectivity index (χ1) is 26.3. The number of allylic oxidation sites excluding steroid dienone is 6. The number of rotatable bonds is 41. The molecule has 0 aliphatic carbocycles. The summed E-state index contributed by atoms with van der Waals surface area (Å²) in [6.45, 7) is 3.67. The molecule has 2 N–H and O–H groups in total. The first-order valence-corrected chi connectivity index (χ1v) is 23.8. The van der Waals surface area contributed by atoms with Crippen LogP contribution >= 0.6 is 7.82 Å². The topological polar surface area (TPSA) is 119 Å². The van der Waals surface area contributed by atoms with E-state index in [9.17, 15) is 14.2 Å². The number of esters is 2. The molecule has 0 bridgehead atoms. The van der Waals surface area contributed by atoms with Gasteiger partial charge in [-0.3, -0.25) is 14.1 Å². The van der Waals surface area contributed by atoms with Crippen LogP contribution in [0.2, 0.25) is 0 Å². The maximum Gasteiger partial charge on any atom is 0.469 e. The molecule has 0 aromatic heterocycles. The summed E-state index contributed by atoms with van der Waals surface area (Å²) in [7, 11) is -4.76. The SMILES string of the molecule is CCCCC/C=C/C/C=C/CCCCCCCCCCCC(=O)O[C@H](COC(=O)CCCCCCCCC/C=C/CCCCCCCC)COP(=O)(O)O. The van der Waals surface area contributed by atoms with Gasteiger partial charge in [0.25, 0.3) is 0 Å². The summed E-state index contributed by atoms with van der Waals surface area (Å²) in [5, 5.41) is 0. The summed E-state index contributed by atoms with van der Waals surface area (Å²) in [5.41, 5.74) is 0. The zero-order valence-corrected chi connectivity index (χ0v) is 35.8. The molecule has 0 aromatic carbocycles. The third-order valence-electron chi connectivity index (χ3n) is 9.63. The van der Waals surface area contributed by atoms with Gasteiger partial charge >= 0.3 is 19.8 Å². The number of phosphoric ester groups is 1. The first kappa shape index (κ1) is 52.3. The molecule has 0 amide bonds. The molecule has 0 rings (SSSR count). The minimum atomic E-state index is -4.76. The van der Waals surface area contributed by atoms with Crippen molar-refractivity contribution in [3.05, 3.63) is 36.5 Å². The van der Waals surface area contributed by atoms with E-state index in [-0.39, 0.29) is 19.4 Å². The van der Waals surface area contributed by atoms with Gasteiger partial charge in [0.15, 0.2) is 6.10 Å². The van der Waals surface area contributed by atoms with E-state index >= 15 is 0 Å². The zero-order valence-electron chi connectivity index (χ0n) is 34.9. The monoisotopic (exact) mass is 783 g/mol. The predicted octanol–water partition coefficient (Wildman–Crippen LogP) is 13.7. The van der Waals surface area contributed by atoms with Gasteiger partial charge in [-0.2, -0.15) is 0 Å². The molecular weight excluding hydrogens is 699 g/mol. The number of phosphoric acid groups is 1. The second-order valence-corrected chi connectivity index (χ2v) is 16.3. The molecule has 0 aromatic rings. The molecule has 0 radical (unpaired) electrons. The van der Waals surface area contributed by atoms with Crippen LogP contribution in [0.15, 0.2) is 36.5 Å². The Morgan fingerprint density at radius 3 is 1.28 bits per heavy atom. The van der Waals surface area contributed by atoms with Crippen LogP contribution in [0, 0.1) is 0 Å². The van der Waals surface area contributed by atoms with Gasteiger partial charge in [-0.25, -0.2) is 4.57 Å². The highest BCUT2D eigenvalue weighted by Crippen LogP contribution is 2.36. The largest absolute Gasteiger partial charge is 0.469 e. The second-order valence-electron chi connectivity index (χ2n) is 15.0. The van der Waals surface area contributed by atoms with Crippen LogP contribution in [0.4, 0.5) is 0 Å². The molecule has 0 saturated carbocycles. The van der Waals surface area contributed by atoms with Crippen molar-refractivity contribution in [1.82, 2.24) is 0 Å². The highest BCUT2D eigenvalue weighted by atomic mass is 31.2. The molecule has 0 aliphatic rings. The van der Waals surface area contributed by atoms with Crippen molar-refractivity contribution in [1.29, 1.82) is 0 Å². The Bertz CT molecular complexity index is 973. The van der Waals surface area contributed by atoms with E-state index in [0.29, 0.717) is 6.42 Å². The summed E-state index contributed by atoms with van der Waals surface area (Å²) >= 11 is 0. The minimum absolute atomic E-state index is 0.207. The fourth-order valence-electron chi connectivity index (χ4n) is 6.28. The fourth-order valence-corrected chi connectivity index (χ4v) is 6.64. The third kappa shape index (κ3) is 43.0. The minimum Gasteiger partial charge on any atom is -0.462 e. The molecule has 54 heavy (non-hydrogen) atoms. The van der Waals surface area contributed by atoms with E-state index in [0.717, 1.165) is 64.2 Å².